The topological polar surface area (TPSA) is 45.1 Å². The first-order valence-corrected chi connectivity index (χ1v) is 5.67. The van der Waals surface area contributed by atoms with Gasteiger partial charge in [0.2, 0.25) is 0 Å². The Kier molecular flexibility index (Phi) is 3.41. The highest BCUT2D eigenvalue weighted by Crippen LogP contribution is 2.14. The van der Waals surface area contributed by atoms with Crippen LogP contribution in [0.15, 0.2) is 47.1 Å². The van der Waals surface area contributed by atoms with E-state index in [0.29, 0.717) is 6.54 Å². The number of anilines is 1. The van der Waals surface area contributed by atoms with Gasteiger partial charge in [-0.25, -0.2) is 0 Å². The third kappa shape index (κ3) is 2.97. The number of pyridine rings is 1. The van der Waals surface area contributed by atoms with Gasteiger partial charge in [0.25, 0.3) is 0 Å². The summed E-state index contributed by atoms with van der Waals surface area (Å²) < 4.78 is 0.973. The van der Waals surface area contributed by atoms with Crippen molar-refractivity contribution in [1.29, 1.82) is 0 Å². The zero-order chi connectivity index (χ0) is 11.4. The van der Waals surface area contributed by atoms with Crippen LogP contribution in [-0.4, -0.2) is 10.1 Å². The maximum Gasteiger partial charge on any atom is 0.115 e. The van der Waals surface area contributed by atoms with Gasteiger partial charge in [-0.15, -0.1) is 0 Å². The summed E-state index contributed by atoms with van der Waals surface area (Å²) in [5.41, 5.74) is 1.93. The van der Waals surface area contributed by atoms with Crippen molar-refractivity contribution in [3.8, 4) is 5.75 Å². The zero-order valence-electron chi connectivity index (χ0n) is 8.52. The second kappa shape index (κ2) is 4.99. The summed E-state index contributed by atoms with van der Waals surface area (Å²) in [6.07, 6.45) is 1.77. The molecule has 82 valence electrons. The third-order valence-corrected chi connectivity index (χ3v) is 2.60. The average Bonchev–Trinajstić information content (AvgIpc) is 2.30. The highest BCUT2D eigenvalue weighted by Gasteiger charge is 1.95. The fourth-order valence-electron chi connectivity index (χ4n) is 1.28. The van der Waals surface area contributed by atoms with Crippen molar-refractivity contribution < 1.29 is 5.11 Å². The molecule has 4 heteroatoms. The first-order valence-electron chi connectivity index (χ1n) is 4.87. The number of benzene rings is 1. The van der Waals surface area contributed by atoms with E-state index in [1.165, 1.54) is 0 Å². The van der Waals surface area contributed by atoms with Crippen LogP contribution in [0.1, 0.15) is 5.69 Å². The Morgan fingerprint density at radius 3 is 2.50 bits per heavy atom. The Morgan fingerprint density at radius 1 is 1.12 bits per heavy atom. The minimum Gasteiger partial charge on any atom is -0.508 e. The van der Waals surface area contributed by atoms with Gasteiger partial charge in [0.15, 0.2) is 0 Å². The molecule has 2 aromatic rings. The van der Waals surface area contributed by atoms with Crippen LogP contribution in [0.25, 0.3) is 0 Å². The van der Waals surface area contributed by atoms with Crippen LogP contribution >= 0.6 is 15.9 Å². The van der Waals surface area contributed by atoms with E-state index in [4.69, 9.17) is 5.11 Å². The Labute approximate surface area is 102 Å². The molecule has 0 amide bonds. The fraction of sp³-hybridized carbons (Fsp3) is 0.0833. The molecule has 0 radical (unpaired) electrons. The zero-order valence-corrected chi connectivity index (χ0v) is 10.1. The van der Waals surface area contributed by atoms with Gasteiger partial charge in [-0.1, -0.05) is 0 Å². The number of rotatable bonds is 3. The number of nitrogens with zero attached hydrogens (tertiary/aromatic N) is 1. The van der Waals surface area contributed by atoms with Gasteiger partial charge in [0.1, 0.15) is 5.75 Å². The van der Waals surface area contributed by atoms with Gasteiger partial charge >= 0.3 is 0 Å². The van der Waals surface area contributed by atoms with E-state index in [-0.39, 0.29) is 5.75 Å². The Hall–Kier alpha value is -1.55. The van der Waals surface area contributed by atoms with Gasteiger partial charge < -0.3 is 10.4 Å². The van der Waals surface area contributed by atoms with Crippen molar-refractivity contribution in [1.82, 2.24) is 4.98 Å². The van der Waals surface area contributed by atoms with Crippen LogP contribution in [0.4, 0.5) is 5.69 Å². The lowest BCUT2D eigenvalue weighted by Gasteiger charge is -2.05. The van der Waals surface area contributed by atoms with Crippen molar-refractivity contribution in [3.05, 3.63) is 52.8 Å². The lowest BCUT2D eigenvalue weighted by molar-refractivity contribution is 0.475. The molecule has 1 aromatic carbocycles. The van der Waals surface area contributed by atoms with E-state index >= 15 is 0 Å². The molecule has 1 aromatic heterocycles. The molecule has 0 bridgehead atoms. The molecule has 2 N–H and O–H groups in total. The summed E-state index contributed by atoms with van der Waals surface area (Å²) in [4.78, 5) is 4.25. The lowest BCUT2D eigenvalue weighted by Crippen LogP contribution is -2.00. The fourth-order valence-corrected chi connectivity index (χ4v) is 1.52. The van der Waals surface area contributed by atoms with Crippen molar-refractivity contribution in [2.75, 3.05) is 5.32 Å². The monoisotopic (exact) mass is 278 g/mol. The van der Waals surface area contributed by atoms with E-state index < -0.39 is 0 Å². The number of aromatic hydroxyl groups is 1. The smallest absolute Gasteiger partial charge is 0.115 e. The number of phenols is 1. The molecule has 0 atom stereocenters. The normalized spacial score (nSPS) is 10.1. The van der Waals surface area contributed by atoms with E-state index in [9.17, 15) is 0 Å². The van der Waals surface area contributed by atoms with Gasteiger partial charge in [-0.2, -0.15) is 0 Å². The van der Waals surface area contributed by atoms with Crippen molar-refractivity contribution in [2.45, 2.75) is 6.54 Å². The molecule has 0 aliphatic rings. The molecule has 16 heavy (non-hydrogen) atoms. The van der Waals surface area contributed by atoms with Crippen LogP contribution in [0.2, 0.25) is 0 Å². The lowest BCUT2D eigenvalue weighted by atomic mass is 10.3. The highest BCUT2D eigenvalue weighted by molar-refractivity contribution is 9.10. The second-order valence-corrected chi connectivity index (χ2v) is 4.28. The quantitative estimate of drug-likeness (QED) is 0.848. The summed E-state index contributed by atoms with van der Waals surface area (Å²) in [5.74, 6) is 0.271. The summed E-state index contributed by atoms with van der Waals surface area (Å²) in [6.45, 7) is 0.665. The molecular formula is C12H11BrN2O. The van der Waals surface area contributed by atoms with Crippen LogP contribution < -0.4 is 5.32 Å². The molecule has 3 nitrogen and oxygen atoms in total. The highest BCUT2D eigenvalue weighted by atomic mass is 79.9. The molecule has 0 aliphatic heterocycles. The summed E-state index contributed by atoms with van der Waals surface area (Å²) in [5, 5.41) is 12.3. The summed E-state index contributed by atoms with van der Waals surface area (Å²) >= 11 is 3.34. The predicted molar refractivity (Wildman–Crippen MR) is 67.4 cm³/mol. The average molecular weight is 279 g/mol. The number of halogens is 1. The van der Waals surface area contributed by atoms with Gasteiger partial charge in [0, 0.05) is 16.4 Å². The Balaban J connectivity index is 1.97. The third-order valence-electron chi connectivity index (χ3n) is 2.13. The first-order chi connectivity index (χ1) is 7.74. The van der Waals surface area contributed by atoms with E-state index in [0.717, 1.165) is 15.9 Å². The van der Waals surface area contributed by atoms with E-state index in [2.05, 4.69) is 26.2 Å². The predicted octanol–water partition coefficient (Wildman–Crippen LogP) is 3.16. The van der Waals surface area contributed by atoms with Crippen molar-refractivity contribution in [2.24, 2.45) is 0 Å². The van der Waals surface area contributed by atoms with Gasteiger partial charge in [0.05, 0.1) is 12.2 Å². The summed E-state index contributed by atoms with van der Waals surface area (Å²) in [7, 11) is 0. The SMILES string of the molecule is Oc1ccc(NCc2ccc(Br)cn2)cc1. The molecule has 0 saturated heterocycles. The Morgan fingerprint density at radius 2 is 1.88 bits per heavy atom. The number of hydrogen-bond donors (Lipinski definition) is 2. The number of nitrogens with one attached hydrogen (secondary N) is 1. The molecule has 0 fully saturated rings. The minimum absolute atomic E-state index is 0.271. The maximum absolute atomic E-state index is 9.13. The molecule has 1 heterocycles. The second-order valence-electron chi connectivity index (χ2n) is 3.37. The minimum atomic E-state index is 0.271. The Bertz CT molecular complexity index is 408. The largest absolute Gasteiger partial charge is 0.508 e. The number of hydrogen-bond acceptors (Lipinski definition) is 3. The van der Waals surface area contributed by atoms with E-state index in [1.54, 1.807) is 18.3 Å². The molecule has 0 unspecified atom stereocenters. The van der Waals surface area contributed by atoms with Crippen LogP contribution in [0.5, 0.6) is 5.75 Å². The van der Waals surface area contributed by atoms with Crippen LogP contribution in [0, 0.1) is 0 Å². The summed E-state index contributed by atoms with van der Waals surface area (Å²) in [6, 6.07) is 10.9. The number of aromatic nitrogens is 1. The first kappa shape index (κ1) is 11.0. The van der Waals surface area contributed by atoms with Gasteiger partial charge in [-0.05, 0) is 52.3 Å². The molecule has 0 aliphatic carbocycles. The van der Waals surface area contributed by atoms with Gasteiger partial charge in [-0.3, -0.25) is 4.98 Å². The van der Waals surface area contributed by atoms with Crippen molar-refractivity contribution >= 4 is 21.6 Å². The molecule has 0 saturated carbocycles. The maximum atomic E-state index is 9.13. The standard InChI is InChI=1S/C12H11BrN2O/c13-9-1-2-11(14-7-9)8-15-10-3-5-12(16)6-4-10/h1-7,15-16H,8H2. The molecular weight excluding hydrogens is 268 g/mol. The molecule has 0 spiro atoms. The number of phenolic OH excluding ortho intramolecular Hbond substituents is 1. The van der Waals surface area contributed by atoms with Crippen LogP contribution in [-0.2, 0) is 6.54 Å². The van der Waals surface area contributed by atoms with Crippen LogP contribution in [0.3, 0.4) is 0 Å². The van der Waals surface area contributed by atoms with Crippen molar-refractivity contribution in [3.63, 3.8) is 0 Å². The molecule has 2 rings (SSSR count). The van der Waals surface area contributed by atoms with E-state index in [1.807, 2.05) is 24.3 Å².